The molecule has 0 spiro atoms. The third-order valence-corrected chi connectivity index (χ3v) is 15.7. The fourth-order valence-electron chi connectivity index (χ4n) is 8.16. The highest BCUT2D eigenvalue weighted by molar-refractivity contribution is 7.91. The fourth-order valence-corrected chi connectivity index (χ4v) is 11.2. The second kappa shape index (κ2) is 29.9. The zero-order chi connectivity index (χ0) is 51.7. The number of carboxylic acid groups (broad SMARTS) is 1. The van der Waals surface area contributed by atoms with E-state index in [1.807, 2.05) is 6.07 Å². The van der Waals surface area contributed by atoms with Crippen LogP contribution in [0.5, 0.6) is 0 Å². The summed E-state index contributed by atoms with van der Waals surface area (Å²) in [6.07, 6.45) is 11.1. The first-order chi connectivity index (χ1) is 34.0. The predicted octanol–water partition coefficient (Wildman–Crippen LogP) is 7.97. The van der Waals surface area contributed by atoms with Gasteiger partial charge in [0, 0.05) is 38.5 Å². The van der Waals surface area contributed by atoms with Gasteiger partial charge in [-0.3, -0.25) is 39.2 Å². The smallest absolute Gasteiger partial charge is 0.314 e. The van der Waals surface area contributed by atoms with Crippen LogP contribution in [0.1, 0.15) is 137 Å². The molecular formula is C53H66N2O14S2. The molecule has 4 aromatic rings. The number of hydrogen-bond donors (Lipinski definition) is 5. The van der Waals surface area contributed by atoms with E-state index >= 15 is 0 Å². The van der Waals surface area contributed by atoms with Crippen LogP contribution in [-0.2, 0) is 66.0 Å². The van der Waals surface area contributed by atoms with Crippen molar-refractivity contribution in [2.45, 2.75) is 143 Å². The fraction of sp³-hybridized carbons (Fsp3) is 0.434. The minimum Gasteiger partial charge on any atom is -0.481 e. The molecule has 2 amide bonds. The number of hydroxylamine groups is 2. The Morgan fingerprint density at radius 2 is 0.873 bits per heavy atom. The summed E-state index contributed by atoms with van der Waals surface area (Å²) in [6, 6.07) is 29.4. The molecule has 0 bridgehead atoms. The maximum absolute atomic E-state index is 13.3. The molecule has 1 aliphatic rings. The largest absolute Gasteiger partial charge is 0.481 e. The molecule has 5 N–H and O–H groups in total. The Kier molecular flexibility index (Phi) is 24.3. The van der Waals surface area contributed by atoms with Crippen LogP contribution in [-0.4, -0.2) is 85.3 Å². The van der Waals surface area contributed by atoms with Crippen molar-refractivity contribution in [3.63, 3.8) is 0 Å². The van der Waals surface area contributed by atoms with Crippen LogP contribution in [0.4, 0.5) is 0 Å². The van der Waals surface area contributed by atoms with E-state index in [9.17, 15) is 50.7 Å². The molecule has 1 aliphatic carbocycles. The minimum absolute atomic E-state index is 0.0211. The van der Waals surface area contributed by atoms with Crippen molar-refractivity contribution < 1.29 is 65.9 Å². The Balaban J connectivity index is 0.000000312. The number of carboxylic acids is 1. The number of carbonyl (C=O) groups excluding carboxylic acids is 5. The SMILES string of the molecule is O=C(CCCCCCC(=O)NO)Cc1ccc(S(=O)(=O)C[C@H](C(=O)O)c2ccccc2)cc1.O=C(CCCCCCC(=O)NO)Cc1ccc(S(=O)(=O)C[C@H](C(=O)OC2CCCC2)c2ccccc2)cc1. The number of sulfone groups is 2. The van der Waals surface area contributed by atoms with Gasteiger partial charge >= 0.3 is 11.9 Å². The molecule has 2 atom stereocenters. The number of amides is 2. The number of ether oxygens (including phenoxy) is 1. The summed E-state index contributed by atoms with van der Waals surface area (Å²) >= 11 is 0. The number of benzene rings is 4. The Hall–Kier alpha value is -6.08. The molecule has 4 aromatic carbocycles. The number of Topliss-reactive ketones (excluding diaryl/α,β-unsaturated/α-hetero) is 2. The first kappa shape index (κ1) is 57.5. The lowest BCUT2D eigenvalue weighted by atomic mass is 10.0. The monoisotopic (exact) mass is 1020 g/mol. The van der Waals surface area contributed by atoms with Gasteiger partial charge in [-0.15, -0.1) is 0 Å². The lowest BCUT2D eigenvalue weighted by Gasteiger charge is -2.19. The number of ketones is 2. The number of rotatable bonds is 29. The number of nitrogens with one attached hydrogen (secondary N) is 2. The van der Waals surface area contributed by atoms with Crippen molar-refractivity contribution in [3.8, 4) is 0 Å². The van der Waals surface area contributed by atoms with Crippen LogP contribution >= 0.6 is 0 Å². The maximum atomic E-state index is 13.3. The summed E-state index contributed by atoms with van der Waals surface area (Å²) in [5.41, 5.74) is 5.63. The maximum Gasteiger partial charge on any atom is 0.314 e. The molecular weight excluding hydrogens is 953 g/mol. The Bertz CT molecular complexity index is 2550. The van der Waals surface area contributed by atoms with Crippen LogP contribution in [0.25, 0.3) is 0 Å². The van der Waals surface area contributed by atoms with Gasteiger partial charge in [0.2, 0.25) is 11.8 Å². The molecule has 16 nitrogen and oxygen atoms in total. The van der Waals surface area contributed by atoms with Crippen molar-refractivity contribution in [2.24, 2.45) is 0 Å². The van der Waals surface area contributed by atoms with Gasteiger partial charge in [0.25, 0.3) is 0 Å². The van der Waals surface area contributed by atoms with Gasteiger partial charge in [-0.25, -0.2) is 27.8 Å². The number of aliphatic carboxylic acids is 1. The number of hydrogen-bond acceptors (Lipinski definition) is 13. The molecule has 0 radical (unpaired) electrons. The molecule has 0 heterocycles. The molecule has 5 rings (SSSR count). The first-order valence-corrected chi connectivity index (χ1v) is 27.4. The second-order valence-corrected chi connectivity index (χ2v) is 21.9. The van der Waals surface area contributed by atoms with E-state index < -0.39 is 61.0 Å². The number of carbonyl (C=O) groups is 6. The zero-order valence-corrected chi connectivity index (χ0v) is 41.5. The third kappa shape index (κ3) is 20.7. The summed E-state index contributed by atoms with van der Waals surface area (Å²) in [7, 11) is -7.63. The average molecular weight is 1020 g/mol. The van der Waals surface area contributed by atoms with Crippen molar-refractivity contribution in [1.29, 1.82) is 0 Å². The van der Waals surface area contributed by atoms with Crippen molar-refractivity contribution in [1.82, 2.24) is 11.0 Å². The highest BCUT2D eigenvalue weighted by Crippen LogP contribution is 2.28. The minimum atomic E-state index is -3.84. The van der Waals surface area contributed by atoms with Gasteiger partial charge < -0.3 is 9.84 Å². The van der Waals surface area contributed by atoms with E-state index in [2.05, 4.69) is 0 Å². The topological polar surface area (TPSA) is 265 Å². The molecule has 71 heavy (non-hydrogen) atoms. The van der Waals surface area contributed by atoms with Crippen molar-refractivity contribution in [3.05, 3.63) is 131 Å². The van der Waals surface area contributed by atoms with Crippen molar-refractivity contribution in [2.75, 3.05) is 11.5 Å². The predicted molar refractivity (Wildman–Crippen MR) is 264 cm³/mol. The standard InChI is InChI=1S/C29H37NO7S.C24H29NO7S/c31-24(12-6-1-2-7-15-28(32)30-34)20-22-16-18-26(19-17-22)38(35,36)21-27(23-10-4-3-5-11-23)29(33)37-25-13-8-9-14-25;26-20(10-6-1-2-7-11-23(27)25-30)16-18-12-14-21(15-13-18)33(31,32)17-22(24(28)29)19-8-4-3-5-9-19/h3-5,10-11,16-19,25,27,34H,1-2,6-9,12-15,20-21H2,(H,30,32);3-5,8-9,12-15,22,30H,1-2,6-7,10-11,16-17H2,(H,25,27)(H,28,29)/t27-;22-/m00/s1. The van der Waals surface area contributed by atoms with Gasteiger partial charge in [-0.05, 0) is 97.9 Å². The molecule has 1 saturated carbocycles. The van der Waals surface area contributed by atoms with Gasteiger partial charge in [-0.1, -0.05) is 111 Å². The first-order valence-electron chi connectivity index (χ1n) is 24.1. The number of esters is 1. The quantitative estimate of drug-likeness (QED) is 0.0150. The average Bonchev–Trinajstić information content (AvgIpc) is 3.88. The van der Waals surface area contributed by atoms with E-state index in [4.69, 9.17) is 15.2 Å². The van der Waals surface area contributed by atoms with E-state index in [-0.39, 0.29) is 58.9 Å². The van der Waals surface area contributed by atoms with Crippen molar-refractivity contribution >= 4 is 55.0 Å². The van der Waals surface area contributed by atoms with Gasteiger partial charge in [0.05, 0.1) is 33.1 Å². The van der Waals surface area contributed by atoms with E-state index in [0.717, 1.165) is 56.9 Å². The Morgan fingerprint density at radius 1 is 0.507 bits per heavy atom. The molecule has 0 unspecified atom stereocenters. The number of unbranched alkanes of at least 4 members (excludes halogenated alkanes) is 6. The van der Waals surface area contributed by atoms with Crippen LogP contribution in [0.3, 0.4) is 0 Å². The molecule has 0 saturated heterocycles. The molecule has 18 heteroatoms. The van der Waals surface area contributed by atoms with Crippen LogP contribution in [0.2, 0.25) is 0 Å². The Morgan fingerprint density at radius 3 is 1.25 bits per heavy atom. The van der Waals surface area contributed by atoms with E-state index in [1.54, 1.807) is 89.8 Å². The van der Waals surface area contributed by atoms with Crippen LogP contribution in [0.15, 0.2) is 119 Å². The summed E-state index contributed by atoms with van der Waals surface area (Å²) in [4.78, 5) is 71.2. The third-order valence-electron chi connectivity index (χ3n) is 12.2. The molecule has 0 aromatic heterocycles. The lowest BCUT2D eigenvalue weighted by molar-refractivity contribution is -0.150. The molecule has 384 valence electrons. The molecule has 0 aliphatic heterocycles. The van der Waals surface area contributed by atoms with Crippen LogP contribution in [0, 0.1) is 0 Å². The molecule has 1 fully saturated rings. The highest BCUT2D eigenvalue weighted by Gasteiger charge is 2.32. The highest BCUT2D eigenvalue weighted by atomic mass is 32.2. The second-order valence-electron chi connectivity index (χ2n) is 17.8. The van der Waals surface area contributed by atoms with Gasteiger partial charge in [0.15, 0.2) is 19.7 Å². The van der Waals surface area contributed by atoms with Gasteiger partial charge in [-0.2, -0.15) is 0 Å². The summed E-state index contributed by atoms with van der Waals surface area (Å²) < 4.78 is 57.8. The summed E-state index contributed by atoms with van der Waals surface area (Å²) in [5, 5.41) is 26.4. The van der Waals surface area contributed by atoms with E-state index in [0.29, 0.717) is 55.2 Å². The van der Waals surface area contributed by atoms with Crippen LogP contribution < -0.4 is 11.0 Å². The Labute approximate surface area is 416 Å². The van der Waals surface area contributed by atoms with Gasteiger partial charge in [0.1, 0.15) is 17.7 Å². The summed E-state index contributed by atoms with van der Waals surface area (Å²) in [5.74, 6) is -5.47. The van der Waals surface area contributed by atoms with E-state index in [1.165, 1.54) is 24.3 Å². The summed E-state index contributed by atoms with van der Waals surface area (Å²) in [6.45, 7) is 0. The lowest BCUT2D eigenvalue weighted by Crippen LogP contribution is -2.27. The normalized spacial score (nSPS) is 13.5. The zero-order valence-electron chi connectivity index (χ0n) is 39.9.